The summed E-state index contributed by atoms with van der Waals surface area (Å²) in [5.74, 6) is -0.286. The van der Waals surface area contributed by atoms with Gasteiger partial charge in [-0.2, -0.15) is 0 Å². The van der Waals surface area contributed by atoms with E-state index in [1.807, 2.05) is 0 Å². The van der Waals surface area contributed by atoms with Crippen LogP contribution in [-0.2, 0) is 0 Å². The van der Waals surface area contributed by atoms with Crippen molar-refractivity contribution in [2.75, 3.05) is 6.61 Å². The Hall–Kier alpha value is -0.580. The Bertz CT molecular complexity index is 149. The van der Waals surface area contributed by atoms with Crippen molar-refractivity contribution in [1.82, 2.24) is 0 Å². The van der Waals surface area contributed by atoms with Crippen LogP contribution in [0.4, 0.5) is 0 Å². The van der Waals surface area contributed by atoms with Crippen LogP contribution in [0.1, 0.15) is 13.8 Å². The molecule has 0 aromatic rings. The molecule has 0 spiro atoms. The van der Waals surface area contributed by atoms with E-state index in [0.29, 0.717) is 5.57 Å². The molecular formula is C7H14O4. The van der Waals surface area contributed by atoms with E-state index >= 15 is 0 Å². The van der Waals surface area contributed by atoms with Crippen molar-refractivity contribution < 1.29 is 20.4 Å². The summed E-state index contributed by atoms with van der Waals surface area (Å²) in [4.78, 5) is 0. The number of rotatable bonds is 3. The van der Waals surface area contributed by atoms with Crippen LogP contribution in [-0.4, -0.2) is 39.2 Å². The molecule has 0 rings (SSSR count). The number of aliphatic hydroxyl groups excluding tert-OH is 4. The second-order valence-electron chi connectivity index (χ2n) is 2.58. The average Bonchev–Trinajstić information content (AvgIpc) is 2.00. The Labute approximate surface area is 65.4 Å². The van der Waals surface area contributed by atoms with Gasteiger partial charge in [-0.3, -0.25) is 0 Å². The third kappa shape index (κ3) is 2.88. The monoisotopic (exact) mass is 162 g/mol. The Morgan fingerprint density at radius 1 is 1.27 bits per heavy atom. The summed E-state index contributed by atoms with van der Waals surface area (Å²) >= 11 is 0. The molecule has 0 saturated heterocycles. The van der Waals surface area contributed by atoms with Gasteiger partial charge in [-0.15, -0.1) is 0 Å². The van der Waals surface area contributed by atoms with Crippen molar-refractivity contribution in [3.8, 4) is 0 Å². The van der Waals surface area contributed by atoms with E-state index < -0.39 is 18.8 Å². The van der Waals surface area contributed by atoms with Crippen molar-refractivity contribution in [3.63, 3.8) is 0 Å². The van der Waals surface area contributed by atoms with Gasteiger partial charge in [0, 0.05) is 0 Å². The summed E-state index contributed by atoms with van der Waals surface area (Å²) in [5, 5.41) is 35.3. The molecule has 0 bridgehead atoms. The van der Waals surface area contributed by atoms with Crippen LogP contribution >= 0.6 is 0 Å². The zero-order chi connectivity index (χ0) is 9.02. The van der Waals surface area contributed by atoms with Gasteiger partial charge in [0.1, 0.15) is 18.0 Å². The Morgan fingerprint density at radius 2 is 1.73 bits per heavy atom. The minimum atomic E-state index is -1.38. The van der Waals surface area contributed by atoms with Crippen molar-refractivity contribution in [3.05, 3.63) is 11.3 Å². The van der Waals surface area contributed by atoms with Crippen molar-refractivity contribution in [1.29, 1.82) is 0 Å². The van der Waals surface area contributed by atoms with Crippen LogP contribution < -0.4 is 0 Å². The predicted octanol–water partition coefficient (Wildman–Crippen LogP) is -0.448. The van der Waals surface area contributed by atoms with Crippen LogP contribution in [0.2, 0.25) is 0 Å². The fraction of sp³-hybridized carbons (Fsp3) is 0.714. The molecule has 4 nitrogen and oxygen atoms in total. The SMILES string of the molecule is CC(C)=C(O)C(O)C(O)CO. The topological polar surface area (TPSA) is 80.9 Å². The molecule has 0 aliphatic carbocycles. The van der Waals surface area contributed by atoms with E-state index in [2.05, 4.69) is 0 Å². The van der Waals surface area contributed by atoms with Gasteiger partial charge < -0.3 is 20.4 Å². The first-order valence-corrected chi connectivity index (χ1v) is 3.34. The Balaban J connectivity index is 4.24. The van der Waals surface area contributed by atoms with E-state index in [4.69, 9.17) is 20.4 Å². The minimum absolute atomic E-state index is 0.286. The smallest absolute Gasteiger partial charge is 0.139 e. The first-order valence-electron chi connectivity index (χ1n) is 3.34. The maximum Gasteiger partial charge on any atom is 0.139 e. The average molecular weight is 162 g/mol. The maximum absolute atomic E-state index is 9.06. The highest BCUT2D eigenvalue weighted by molar-refractivity contribution is 5.07. The molecule has 0 aromatic carbocycles. The summed E-state index contributed by atoms with van der Waals surface area (Å²) in [6, 6.07) is 0. The normalized spacial score (nSPS) is 15.7. The predicted molar refractivity (Wildman–Crippen MR) is 40.1 cm³/mol. The number of hydrogen-bond acceptors (Lipinski definition) is 4. The van der Waals surface area contributed by atoms with Gasteiger partial charge >= 0.3 is 0 Å². The molecule has 0 amide bonds. The van der Waals surface area contributed by atoms with Gasteiger partial charge in [0.15, 0.2) is 0 Å². The lowest BCUT2D eigenvalue weighted by molar-refractivity contribution is -0.0141. The zero-order valence-corrected chi connectivity index (χ0v) is 6.65. The van der Waals surface area contributed by atoms with Crippen molar-refractivity contribution in [2.45, 2.75) is 26.1 Å². The molecule has 11 heavy (non-hydrogen) atoms. The molecule has 0 radical (unpaired) electrons. The lowest BCUT2D eigenvalue weighted by Gasteiger charge is -2.15. The second kappa shape index (κ2) is 4.33. The largest absolute Gasteiger partial charge is 0.510 e. The molecule has 4 N–H and O–H groups in total. The summed E-state index contributed by atoms with van der Waals surface area (Å²) in [6.07, 6.45) is -2.70. The Kier molecular flexibility index (Phi) is 4.10. The molecular weight excluding hydrogens is 148 g/mol. The molecule has 66 valence electrons. The third-order valence-corrected chi connectivity index (χ3v) is 1.34. The summed E-state index contributed by atoms with van der Waals surface area (Å²) in [7, 11) is 0. The zero-order valence-electron chi connectivity index (χ0n) is 6.65. The van der Waals surface area contributed by atoms with E-state index in [-0.39, 0.29) is 5.76 Å². The first-order chi connectivity index (χ1) is 5.00. The first kappa shape index (κ1) is 10.4. The molecule has 0 aliphatic rings. The van der Waals surface area contributed by atoms with Crippen molar-refractivity contribution in [2.24, 2.45) is 0 Å². The standard InChI is InChI=1S/C7H14O4/c1-4(2)6(10)7(11)5(9)3-8/h5,7-11H,3H2,1-2H3. The van der Waals surface area contributed by atoms with Gasteiger partial charge in [-0.05, 0) is 19.4 Å². The van der Waals surface area contributed by atoms with Gasteiger partial charge in [-0.1, -0.05) is 0 Å². The molecule has 2 atom stereocenters. The second-order valence-corrected chi connectivity index (χ2v) is 2.58. The van der Waals surface area contributed by atoms with Gasteiger partial charge in [-0.25, -0.2) is 0 Å². The van der Waals surface area contributed by atoms with Gasteiger partial charge in [0.2, 0.25) is 0 Å². The van der Waals surface area contributed by atoms with Crippen LogP contribution in [0.5, 0.6) is 0 Å². The van der Waals surface area contributed by atoms with E-state index in [1.165, 1.54) is 0 Å². The van der Waals surface area contributed by atoms with E-state index in [1.54, 1.807) is 13.8 Å². The lowest BCUT2D eigenvalue weighted by atomic mass is 10.1. The lowest BCUT2D eigenvalue weighted by Crippen LogP contribution is -2.31. The van der Waals surface area contributed by atoms with Gasteiger partial charge in [0.25, 0.3) is 0 Å². The third-order valence-electron chi connectivity index (χ3n) is 1.34. The highest BCUT2D eigenvalue weighted by Crippen LogP contribution is 2.08. The molecule has 2 unspecified atom stereocenters. The number of allylic oxidation sites excluding steroid dienone is 1. The molecule has 4 heteroatoms. The van der Waals surface area contributed by atoms with Crippen LogP contribution in [0, 0.1) is 0 Å². The number of hydrogen-bond donors (Lipinski definition) is 4. The molecule has 0 aliphatic heterocycles. The van der Waals surface area contributed by atoms with Crippen LogP contribution in [0.15, 0.2) is 11.3 Å². The summed E-state index contributed by atoms with van der Waals surface area (Å²) in [6.45, 7) is 2.63. The molecule has 0 aromatic heterocycles. The summed E-state index contributed by atoms with van der Waals surface area (Å²) in [5.41, 5.74) is 0.519. The van der Waals surface area contributed by atoms with Crippen LogP contribution in [0.3, 0.4) is 0 Å². The molecule has 0 fully saturated rings. The fourth-order valence-electron chi connectivity index (χ4n) is 0.578. The molecule has 0 heterocycles. The fourth-order valence-corrected chi connectivity index (χ4v) is 0.578. The summed E-state index contributed by atoms with van der Waals surface area (Å²) < 4.78 is 0. The minimum Gasteiger partial charge on any atom is -0.510 e. The number of aliphatic hydroxyl groups is 4. The highest BCUT2D eigenvalue weighted by atomic mass is 16.4. The van der Waals surface area contributed by atoms with E-state index in [0.717, 1.165) is 0 Å². The van der Waals surface area contributed by atoms with Gasteiger partial charge in [0.05, 0.1) is 6.61 Å². The quantitative estimate of drug-likeness (QED) is 0.424. The molecule has 0 saturated carbocycles. The highest BCUT2D eigenvalue weighted by Gasteiger charge is 2.19. The van der Waals surface area contributed by atoms with E-state index in [9.17, 15) is 0 Å². The Morgan fingerprint density at radius 3 is 2.00 bits per heavy atom. The van der Waals surface area contributed by atoms with Crippen LogP contribution in [0.25, 0.3) is 0 Å². The maximum atomic E-state index is 9.06. The van der Waals surface area contributed by atoms with Crippen molar-refractivity contribution >= 4 is 0 Å².